The van der Waals surface area contributed by atoms with Gasteiger partial charge in [-0.25, -0.2) is 4.79 Å². The number of carbonyl (C=O) groups excluding carboxylic acids is 1. The lowest BCUT2D eigenvalue weighted by molar-refractivity contribution is 0.149. The molecule has 1 atom stereocenters. The van der Waals surface area contributed by atoms with E-state index < -0.39 is 0 Å². The Morgan fingerprint density at radius 2 is 2.09 bits per heavy atom. The van der Waals surface area contributed by atoms with Gasteiger partial charge >= 0.3 is 6.09 Å². The number of para-hydroxylation sites is 1. The highest BCUT2D eigenvalue weighted by atomic mass is 16.6. The molecule has 0 spiro atoms. The maximum absolute atomic E-state index is 11.5. The van der Waals surface area contributed by atoms with Crippen LogP contribution >= 0.6 is 0 Å². The predicted octanol–water partition coefficient (Wildman–Crippen LogP) is 2.04. The van der Waals surface area contributed by atoms with E-state index in [4.69, 9.17) is 4.74 Å². The third-order valence-corrected chi connectivity index (χ3v) is 4.71. The maximum Gasteiger partial charge on any atom is 0.409 e. The molecule has 3 rings (SSSR count). The number of hydrogen-bond donors (Lipinski definition) is 0. The van der Waals surface area contributed by atoms with Crippen LogP contribution in [0.4, 0.5) is 10.5 Å². The van der Waals surface area contributed by atoms with Crippen molar-refractivity contribution in [3.63, 3.8) is 0 Å². The van der Waals surface area contributed by atoms with Crippen molar-refractivity contribution in [2.45, 2.75) is 18.9 Å². The van der Waals surface area contributed by atoms with Gasteiger partial charge in [0.05, 0.1) is 6.54 Å². The van der Waals surface area contributed by atoms with Gasteiger partial charge in [-0.3, -0.25) is 4.90 Å². The van der Waals surface area contributed by atoms with Gasteiger partial charge < -0.3 is 14.5 Å². The second-order valence-corrected chi connectivity index (χ2v) is 6.16. The number of piperidine rings is 1. The van der Waals surface area contributed by atoms with E-state index in [1.54, 1.807) is 4.90 Å². The smallest absolute Gasteiger partial charge is 0.409 e. The summed E-state index contributed by atoms with van der Waals surface area (Å²) < 4.78 is 4.98. The van der Waals surface area contributed by atoms with Gasteiger partial charge in [0, 0.05) is 37.9 Å². The highest BCUT2D eigenvalue weighted by molar-refractivity contribution is 5.69. The molecule has 0 unspecified atom stereocenters. The van der Waals surface area contributed by atoms with Crippen LogP contribution in [0.2, 0.25) is 0 Å². The zero-order chi connectivity index (χ0) is 15.4. The van der Waals surface area contributed by atoms with Crippen LogP contribution in [0.25, 0.3) is 0 Å². The van der Waals surface area contributed by atoms with Gasteiger partial charge in [-0.15, -0.1) is 0 Å². The normalized spacial score (nSPS) is 22.3. The molecule has 0 radical (unpaired) electrons. The molecule has 2 heterocycles. The Labute approximate surface area is 132 Å². The predicted molar refractivity (Wildman–Crippen MR) is 87.2 cm³/mol. The van der Waals surface area contributed by atoms with Gasteiger partial charge in [-0.2, -0.15) is 0 Å². The van der Waals surface area contributed by atoms with Crippen molar-refractivity contribution >= 4 is 11.8 Å². The first kappa shape index (κ1) is 15.2. The SMILES string of the molecule is CN(CCN1CCOC1=O)[C@@H]1CCCN(c2ccccc2)C1. The van der Waals surface area contributed by atoms with Crippen LogP contribution in [0.3, 0.4) is 0 Å². The molecule has 0 aliphatic carbocycles. The van der Waals surface area contributed by atoms with Crippen molar-refractivity contribution in [1.82, 2.24) is 9.80 Å². The van der Waals surface area contributed by atoms with Crippen molar-refractivity contribution in [1.29, 1.82) is 0 Å². The topological polar surface area (TPSA) is 36.0 Å². The summed E-state index contributed by atoms with van der Waals surface area (Å²) in [5.74, 6) is 0. The third-order valence-electron chi connectivity index (χ3n) is 4.71. The lowest BCUT2D eigenvalue weighted by atomic mass is 10.0. The Morgan fingerprint density at radius 3 is 2.82 bits per heavy atom. The van der Waals surface area contributed by atoms with E-state index in [2.05, 4.69) is 47.2 Å². The Hall–Kier alpha value is -1.75. The minimum atomic E-state index is -0.164. The summed E-state index contributed by atoms with van der Waals surface area (Å²) in [4.78, 5) is 18.1. The zero-order valence-corrected chi connectivity index (χ0v) is 13.3. The highest BCUT2D eigenvalue weighted by Gasteiger charge is 2.26. The number of rotatable bonds is 5. The summed E-state index contributed by atoms with van der Waals surface area (Å²) in [7, 11) is 2.17. The number of anilines is 1. The summed E-state index contributed by atoms with van der Waals surface area (Å²) in [6.45, 7) is 5.12. The molecule has 120 valence electrons. The summed E-state index contributed by atoms with van der Waals surface area (Å²) in [6.07, 6.45) is 2.28. The number of carbonyl (C=O) groups is 1. The molecule has 0 aromatic heterocycles. The second-order valence-electron chi connectivity index (χ2n) is 6.16. The molecule has 0 saturated carbocycles. The van der Waals surface area contributed by atoms with Crippen molar-refractivity contribution in [2.24, 2.45) is 0 Å². The molecule has 1 amide bonds. The van der Waals surface area contributed by atoms with Gasteiger partial charge in [0.15, 0.2) is 0 Å². The zero-order valence-electron chi connectivity index (χ0n) is 13.3. The second kappa shape index (κ2) is 7.01. The fourth-order valence-electron chi connectivity index (χ4n) is 3.28. The minimum absolute atomic E-state index is 0.164. The maximum atomic E-state index is 11.5. The lowest BCUT2D eigenvalue weighted by Gasteiger charge is -2.39. The van der Waals surface area contributed by atoms with E-state index in [9.17, 15) is 4.79 Å². The fourth-order valence-corrected chi connectivity index (χ4v) is 3.28. The number of likely N-dealkylation sites (N-methyl/N-ethyl adjacent to an activating group) is 1. The number of amides is 1. The van der Waals surface area contributed by atoms with Gasteiger partial charge in [-0.05, 0) is 32.0 Å². The standard InChI is InChI=1S/C17H25N3O2/c1-18(10-11-19-12-13-22-17(19)21)16-8-5-9-20(14-16)15-6-3-2-4-7-15/h2-4,6-7,16H,5,8-14H2,1H3/t16-/m1/s1. The number of hydrogen-bond acceptors (Lipinski definition) is 4. The van der Waals surface area contributed by atoms with Crippen LogP contribution < -0.4 is 4.90 Å². The molecule has 2 aliphatic heterocycles. The summed E-state index contributed by atoms with van der Waals surface area (Å²) in [6, 6.07) is 11.2. The molecule has 0 N–H and O–H groups in total. The van der Waals surface area contributed by atoms with Crippen LogP contribution in [0, 0.1) is 0 Å². The number of cyclic esters (lactones) is 1. The molecule has 5 heteroatoms. The van der Waals surface area contributed by atoms with Crippen LogP contribution in [0.1, 0.15) is 12.8 Å². The Kier molecular flexibility index (Phi) is 4.83. The molecule has 1 aromatic rings. The molecule has 22 heavy (non-hydrogen) atoms. The number of ether oxygens (including phenoxy) is 1. The summed E-state index contributed by atoms with van der Waals surface area (Å²) in [5, 5.41) is 0. The first-order valence-electron chi connectivity index (χ1n) is 8.16. The van der Waals surface area contributed by atoms with Crippen LogP contribution in [0.15, 0.2) is 30.3 Å². The first-order chi connectivity index (χ1) is 10.7. The quantitative estimate of drug-likeness (QED) is 0.834. The summed E-state index contributed by atoms with van der Waals surface area (Å²) >= 11 is 0. The monoisotopic (exact) mass is 303 g/mol. The van der Waals surface area contributed by atoms with E-state index >= 15 is 0 Å². The first-order valence-corrected chi connectivity index (χ1v) is 8.16. The van der Waals surface area contributed by atoms with E-state index in [-0.39, 0.29) is 6.09 Å². The Balaban J connectivity index is 1.51. The van der Waals surface area contributed by atoms with Crippen molar-refractivity contribution < 1.29 is 9.53 Å². The van der Waals surface area contributed by atoms with Gasteiger partial charge in [-0.1, -0.05) is 18.2 Å². The molecular formula is C17H25N3O2. The van der Waals surface area contributed by atoms with Crippen molar-refractivity contribution in [3.8, 4) is 0 Å². The van der Waals surface area contributed by atoms with E-state index in [1.807, 2.05) is 0 Å². The molecular weight excluding hydrogens is 278 g/mol. The van der Waals surface area contributed by atoms with E-state index in [1.165, 1.54) is 18.5 Å². The van der Waals surface area contributed by atoms with E-state index in [0.717, 1.165) is 32.7 Å². The molecule has 2 fully saturated rings. The molecule has 2 aliphatic rings. The van der Waals surface area contributed by atoms with Crippen molar-refractivity contribution in [3.05, 3.63) is 30.3 Å². The van der Waals surface area contributed by atoms with Gasteiger partial charge in [0.25, 0.3) is 0 Å². The van der Waals surface area contributed by atoms with Gasteiger partial charge in [0.2, 0.25) is 0 Å². The average Bonchev–Trinajstić information content (AvgIpc) is 2.99. The van der Waals surface area contributed by atoms with E-state index in [0.29, 0.717) is 12.6 Å². The van der Waals surface area contributed by atoms with Crippen LogP contribution in [-0.4, -0.2) is 68.3 Å². The fraction of sp³-hybridized carbons (Fsp3) is 0.588. The largest absolute Gasteiger partial charge is 0.448 e. The highest BCUT2D eigenvalue weighted by Crippen LogP contribution is 2.21. The molecule has 0 bridgehead atoms. The van der Waals surface area contributed by atoms with Crippen molar-refractivity contribution in [2.75, 3.05) is 51.3 Å². The third kappa shape index (κ3) is 3.53. The number of benzene rings is 1. The van der Waals surface area contributed by atoms with Gasteiger partial charge in [0.1, 0.15) is 6.61 Å². The Morgan fingerprint density at radius 1 is 1.27 bits per heavy atom. The molecule has 1 aromatic carbocycles. The van der Waals surface area contributed by atoms with Crippen LogP contribution in [-0.2, 0) is 4.74 Å². The lowest BCUT2D eigenvalue weighted by Crippen LogP contribution is -2.48. The average molecular weight is 303 g/mol. The Bertz CT molecular complexity index is 494. The van der Waals surface area contributed by atoms with Crippen LogP contribution in [0.5, 0.6) is 0 Å². The minimum Gasteiger partial charge on any atom is -0.448 e. The summed E-state index contributed by atoms with van der Waals surface area (Å²) in [5.41, 5.74) is 1.31. The molecule has 5 nitrogen and oxygen atoms in total. The molecule has 2 saturated heterocycles. The number of nitrogens with zero attached hydrogens (tertiary/aromatic N) is 3.